The molecule has 1 unspecified atom stereocenters. The summed E-state index contributed by atoms with van der Waals surface area (Å²) < 4.78 is 1.95. The molecule has 2 heterocycles. The standard InChI is InChI=1S/C17H27N5O3/c1-5-6-7-17(4)15(24)22(16(25)20-17)10-14(23)18-8-9-21-11-19-12(2)13(21)3/h11H,5-10H2,1-4H3,(H,18,23)(H,20,25). The predicted molar refractivity (Wildman–Crippen MR) is 92.9 cm³/mol. The average molecular weight is 349 g/mol. The summed E-state index contributed by atoms with van der Waals surface area (Å²) >= 11 is 0. The second-order valence-corrected chi connectivity index (χ2v) is 6.72. The summed E-state index contributed by atoms with van der Waals surface area (Å²) in [6.45, 7) is 8.38. The lowest BCUT2D eigenvalue weighted by Gasteiger charge is -2.21. The molecule has 8 nitrogen and oxygen atoms in total. The highest BCUT2D eigenvalue weighted by atomic mass is 16.2. The van der Waals surface area contributed by atoms with Gasteiger partial charge in [-0.1, -0.05) is 19.8 Å². The minimum absolute atomic E-state index is 0.256. The fraction of sp³-hybridized carbons (Fsp3) is 0.647. The van der Waals surface area contributed by atoms with Crippen molar-refractivity contribution >= 4 is 17.8 Å². The molecule has 0 saturated carbocycles. The molecule has 1 aromatic heterocycles. The van der Waals surface area contributed by atoms with E-state index >= 15 is 0 Å². The van der Waals surface area contributed by atoms with Crippen LogP contribution in [0, 0.1) is 13.8 Å². The zero-order valence-corrected chi connectivity index (χ0v) is 15.4. The number of amides is 4. The smallest absolute Gasteiger partial charge is 0.325 e. The van der Waals surface area contributed by atoms with Crippen molar-refractivity contribution in [2.24, 2.45) is 0 Å². The number of urea groups is 1. The van der Waals surface area contributed by atoms with Crippen molar-refractivity contribution in [1.29, 1.82) is 0 Å². The second kappa shape index (κ2) is 7.67. The molecular weight excluding hydrogens is 322 g/mol. The molecule has 8 heteroatoms. The SMILES string of the molecule is CCCCC1(C)NC(=O)N(CC(=O)NCCn2cnc(C)c2C)C1=O. The molecule has 2 rings (SSSR count). The summed E-state index contributed by atoms with van der Waals surface area (Å²) in [6, 6.07) is -0.500. The fourth-order valence-corrected chi connectivity index (χ4v) is 2.88. The van der Waals surface area contributed by atoms with Gasteiger partial charge in [0.15, 0.2) is 0 Å². The molecule has 1 fully saturated rings. The highest BCUT2D eigenvalue weighted by Crippen LogP contribution is 2.23. The molecule has 0 aromatic carbocycles. The van der Waals surface area contributed by atoms with Crippen LogP contribution >= 0.6 is 0 Å². The van der Waals surface area contributed by atoms with Crippen molar-refractivity contribution in [3.8, 4) is 0 Å². The largest absolute Gasteiger partial charge is 0.353 e. The third kappa shape index (κ3) is 4.18. The average Bonchev–Trinajstić information content (AvgIpc) is 2.99. The molecule has 0 radical (unpaired) electrons. The van der Waals surface area contributed by atoms with E-state index in [1.807, 2.05) is 25.3 Å². The number of rotatable bonds is 8. The molecule has 1 aliphatic heterocycles. The summed E-state index contributed by atoms with van der Waals surface area (Å²) in [4.78, 5) is 41.8. The summed E-state index contributed by atoms with van der Waals surface area (Å²) in [5, 5.41) is 5.45. The van der Waals surface area contributed by atoms with E-state index in [1.165, 1.54) is 0 Å². The van der Waals surface area contributed by atoms with E-state index < -0.39 is 11.6 Å². The van der Waals surface area contributed by atoms with Crippen molar-refractivity contribution in [1.82, 2.24) is 25.1 Å². The van der Waals surface area contributed by atoms with Gasteiger partial charge in [0.25, 0.3) is 5.91 Å². The molecule has 0 spiro atoms. The van der Waals surface area contributed by atoms with Crippen LogP contribution < -0.4 is 10.6 Å². The van der Waals surface area contributed by atoms with Crippen LogP contribution in [-0.4, -0.2) is 50.9 Å². The van der Waals surface area contributed by atoms with Crippen molar-refractivity contribution in [3.63, 3.8) is 0 Å². The van der Waals surface area contributed by atoms with E-state index in [-0.39, 0.29) is 18.4 Å². The van der Waals surface area contributed by atoms with Gasteiger partial charge in [-0.25, -0.2) is 9.78 Å². The van der Waals surface area contributed by atoms with Crippen molar-refractivity contribution in [2.75, 3.05) is 13.1 Å². The Labute approximate surface area is 148 Å². The van der Waals surface area contributed by atoms with Gasteiger partial charge in [-0.05, 0) is 27.2 Å². The normalized spacial score (nSPS) is 20.1. The van der Waals surface area contributed by atoms with Gasteiger partial charge in [-0.2, -0.15) is 0 Å². The molecule has 0 bridgehead atoms. The number of unbranched alkanes of at least 4 members (excludes halogenated alkanes) is 1. The van der Waals surface area contributed by atoms with E-state index in [0.29, 0.717) is 19.5 Å². The Morgan fingerprint density at radius 2 is 2.08 bits per heavy atom. The first kappa shape index (κ1) is 19.0. The van der Waals surface area contributed by atoms with E-state index in [2.05, 4.69) is 15.6 Å². The van der Waals surface area contributed by atoms with E-state index in [0.717, 1.165) is 29.1 Å². The zero-order chi connectivity index (χ0) is 18.6. The number of carbonyl (C=O) groups excluding carboxylic acids is 3. The molecule has 1 atom stereocenters. The van der Waals surface area contributed by atoms with Crippen LogP contribution in [0.3, 0.4) is 0 Å². The number of imidazole rings is 1. The van der Waals surface area contributed by atoms with E-state index in [1.54, 1.807) is 13.3 Å². The molecule has 25 heavy (non-hydrogen) atoms. The van der Waals surface area contributed by atoms with Crippen LogP contribution in [0.15, 0.2) is 6.33 Å². The molecular formula is C17H27N5O3. The van der Waals surface area contributed by atoms with Crippen LogP contribution in [-0.2, 0) is 16.1 Å². The lowest BCUT2D eigenvalue weighted by Crippen LogP contribution is -2.45. The van der Waals surface area contributed by atoms with Gasteiger partial charge in [0.2, 0.25) is 5.91 Å². The number of carbonyl (C=O) groups is 3. The summed E-state index contributed by atoms with van der Waals surface area (Å²) in [6.07, 6.45) is 4.08. The zero-order valence-electron chi connectivity index (χ0n) is 15.4. The Morgan fingerprint density at radius 3 is 2.68 bits per heavy atom. The third-order valence-corrected chi connectivity index (χ3v) is 4.70. The third-order valence-electron chi connectivity index (χ3n) is 4.70. The van der Waals surface area contributed by atoms with E-state index in [9.17, 15) is 14.4 Å². The van der Waals surface area contributed by atoms with Crippen molar-refractivity contribution in [2.45, 2.75) is 59.0 Å². The Hall–Kier alpha value is -2.38. The van der Waals surface area contributed by atoms with Gasteiger partial charge in [-0.3, -0.25) is 14.5 Å². The predicted octanol–water partition coefficient (Wildman–Crippen LogP) is 1.12. The molecule has 4 amide bonds. The van der Waals surface area contributed by atoms with Gasteiger partial charge < -0.3 is 15.2 Å². The Balaban J connectivity index is 1.84. The second-order valence-electron chi connectivity index (χ2n) is 6.72. The first-order valence-corrected chi connectivity index (χ1v) is 8.67. The maximum atomic E-state index is 12.5. The quantitative estimate of drug-likeness (QED) is 0.687. The van der Waals surface area contributed by atoms with Crippen LogP contribution in [0.5, 0.6) is 0 Å². The Bertz CT molecular complexity index is 669. The maximum absolute atomic E-state index is 12.5. The summed E-state index contributed by atoms with van der Waals surface area (Å²) in [5.41, 5.74) is 1.10. The van der Waals surface area contributed by atoms with Crippen LogP contribution in [0.4, 0.5) is 4.79 Å². The number of nitrogens with one attached hydrogen (secondary N) is 2. The fourth-order valence-electron chi connectivity index (χ4n) is 2.88. The monoisotopic (exact) mass is 349 g/mol. The molecule has 138 valence electrons. The van der Waals surface area contributed by atoms with Gasteiger partial charge in [0.05, 0.1) is 12.0 Å². The number of hydrogen-bond acceptors (Lipinski definition) is 4. The number of aryl methyl sites for hydroxylation is 1. The highest BCUT2D eigenvalue weighted by Gasteiger charge is 2.47. The first-order chi connectivity index (χ1) is 11.8. The molecule has 2 N–H and O–H groups in total. The Kier molecular flexibility index (Phi) is 5.81. The highest BCUT2D eigenvalue weighted by molar-refractivity contribution is 6.08. The van der Waals surface area contributed by atoms with Crippen molar-refractivity contribution < 1.29 is 14.4 Å². The van der Waals surface area contributed by atoms with Gasteiger partial charge in [0.1, 0.15) is 12.1 Å². The Morgan fingerprint density at radius 1 is 1.36 bits per heavy atom. The number of nitrogens with zero attached hydrogens (tertiary/aromatic N) is 3. The first-order valence-electron chi connectivity index (χ1n) is 8.67. The topological polar surface area (TPSA) is 96.3 Å². The lowest BCUT2D eigenvalue weighted by molar-refractivity contribution is -0.134. The molecule has 1 aromatic rings. The van der Waals surface area contributed by atoms with Crippen LogP contribution in [0.25, 0.3) is 0 Å². The van der Waals surface area contributed by atoms with E-state index in [4.69, 9.17) is 0 Å². The lowest BCUT2D eigenvalue weighted by atomic mass is 9.95. The van der Waals surface area contributed by atoms with Crippen LogP contribution in [0.2, 0.25) is 0 Å². The summed E-state index contributed by atoms with van der Waals surface area (Å²) in [7, 11) is 0. The van der Waals surface area contributed by atoms with Gasteiger partial charge in [-0.15, -0.1) is 0 Å². The number of imide groups is 1. The molecule has 1 saturated heterocycles. The molecule has 0 aliphatic carbocycles. The van der Waals surface area contributed by atoms with Crippen LogP contribution in [0.1, 0.15) is 44.5 Å². The number of hydrogen-bond donors (Lipinski definition) is 2. The minimum atomic E-state index is -0.904. The molecule has 1 aliphatic rings. The van der Waals surface area contributed by atoms with Crippen molar-refractivity contribution in [3.05, 3.63) is 17.7 Å². The van der Waals surface area contributed by atoms with Gasteiger partial charge in [0, 0.05) is 18.8 Å². The maximum Gasteiger partial charge on any atom is 0.325 e. The minimum Gasteiger partial charge on any atom is -0.353 e. The summed E-state index contributed by atoms with van der Waals surface area (Å²) in [5.74, 6) is -0.681. The van der Waals surface area contributed by atoms with Gasteiger partial charge >= 0.3 is 6.03 Å². The number of aromatic nitrogens is 2.